The molecule has 220 valence electrons. The molecule has 1 aliphatic rings. The van der Waals surface area contributed by atoms with Crippen LogP contribution >= 0.6 is 0 Å². The van der Waals surface area contributed by atoms with Crippen LogP contribution in [-0.4, -0.2) is 82.6 Å². The minimum atomic E-state index is -0.244. The van der Waals surface area contributed by atoms with Crippen LogP contribution in [0.1, 0.15) is 41.6 Å². The van der Waals surface area contributed by atoms with Crippen LogP contribution in [0.25, 0.3) is 0 Å². The molecular formula is C28H39N9O4. The zero-order chi connectivity index (χ0) is 28.7. The summed E-state index contributed by atoms with van der Waals surface area (Å²) in [5, 5.41) is 22.5. The van der Waals surface area contributed by atoms with Crippen molar-refractivity contribution in [2.75, 3.05) is 55.5 Å². The van der Waals surface area contributed by atoms with E-state index in [4.69, 9.17) is 15.2 Å². The van der Waals surface area contributed by atoms with E-state index in [-0.39, 0.29) is 18.1 Å². The first-order chi connectivity index (χ1) is 20.1. The number of carbonyl (C=O) groups is 1. The maximum absolute atomic E-state index is 12.5. The minimum absolute atomic E-state index is 0.175. The molecule has 0 spiro atoms. The van der Waals surface area contributed by atoms with Gasteiger partial charge < -0.3 is 41.6 Å². The van der Waals surface area contributed by atoms with E-state index in [1.54, 1.807) is 36.7 Å². The van der Waals surface area contributed by atoms with Crippen LogP contribution in [0.3, 0.4) is 0 Å². The van der Waals surface area contributed by atoms with Crippen LogP contribution < -0.4 is 27.0 Å². The van der Waals surface area contributed by atoms with Gasteiger partial charge in [0.25, 0.3) is 5.91 Å². The fraction of sp³-hybridized carbons (Fsp3) is 0.464. The number of pyridine rings is 1. The molecule has 13 heteroatoms. The van der Waals surface area contributed by atoms with Crippen molar-refractivity contribution in [1.82, 2.24) is 25.3 Å². The predicted molar refractivity (Wildman–Crippen MR) is 156 cm³/mol. The van der Waals surface area contributed by atoms with E-state index in [0.29, 0.717) is 69.5 Å². The molecule has 1 saturated carbocycles. The zero-order valence-electron chi connectivity index (χ0n) is 23.1. The van der Waals surface area contributed by atoms with Gasteiger partial charge in [0.2, 0.25) is 17.8 Å². The number of aromatic nitrogens is 4. The van der Waals surface area contributed by atoms with Crippen molar-refractivity contribution in [3.8, 4) is 0 Å². The highest BCUT2D eigenvalue weighted by Crippen LogP contribution is 2.23. The molecule has 7 N–H and O–H groups in total. The number of benzene rings is 1. The number of anilines is 4. The lowest BCUT2D eigenvalue weighted by molar-refractivity contribution is 0.0511. The van der Waals surface area contributed by atoms with Gasteiger partial charge in [-0.1, -0.05) is 0 Å². The molecule has 0 radical (unpaired) electrons. The topological polar surface area (TPSA) is 181 Å². The molecule has 41 heavy (non-hydrogen) atoms. The van der Waals surface area contributed by atoms with E-state index in [9.17, 15) is 9.90 Å². The Labute approximate surface area is 239 Å². The maximum Gasteiger partial charge on any atom is 0.251 e. The number of hydrogen-bond acceptors (Lipinski definition) is 12. The van der Waals surface area contributed by atoms with Crippen LogP contribution in [0, 0.1) is 0 Å². The number of amides is 1. The summed E-state index contributed by atoms with van der Waals surface area (Å²) in [6.45, 7) is 3.24. The molecule has 0 unspecified atom stereocenters. The molecule has 1 aliphatic carbocycles. The van der Waals surface area contributed by atoms with Gasteiger partial charge in [-0.25, -0.2) is 0 Å². The molecule has 1 aromatic carbocycles. The third-order valence-corrected chi connectivity index (χ3v) is 6.43. The van der Waals surface area contributed by atoms with Crippen molar-refractivity contribution >= 4 is 29.4 Å². The smallest absolute Gasteiger partial charge is 0.251 e. The van der Waals surface area contributed by atoms with Gasteiger partial charge in [-0.15, -0.1) is 0 Å². The van der Waals surface area contributed by atoms with E-state index in [1.165, 1.54) is 0 Å². The van der Waals surface area contributed by atoms with Gasteiger partial charge in [-0.3, -0.25) is 9.78 Å². The number of aliphatic hydroxyl groups is 1. The molecular weight excluding hydrogens is 526 g/mol. The van der Waals surface area contributed by atoms with E-state index in [2.05, 4.69) is 41.2 Å². The molecule has 1 amide bonds. The Bertz CT molecular complexity index is 1190. The zero-order valence-corrected chi connectivity index (χ0v) is 23.1. The molecule has 4 rings (SSSR count). The Kier molecular flexibility index (Phi) is 12.0. The van der Waals surface area contributed by atoms with Crippen molar-refractivity contribution in [2.45, 2.75) is 44.4 Å². The molecule has 1 fully saturated rings. The number of hydrogen-bond donors (Lipinski definition) is 6. The number of nitrogens with two attached hydrogens (primary N) is 1. The summed E-state index contributed by atoms with van der Waals surface area (Å²) >= 11 is 0. The van der Waals surface area contributed by atoms with Crippen molar-refractivity contribution in [3.05, 3.63) is 59.9 Å². The number of carbonyl (C=O) groups excluding carboxylic acids is 1. The second kappa shape index (κ2) is 16.4. The summed E-state index contributed by atoms with van der Waals surface area (Å²) in [5.74, 6) is 1.04. The Morgan fingerprint density at radius 1 is 0.878 bits per heavy atom. The number of rotatable bonds is 16. The molecule has 0 aliphatic heterocycles. The van der Waals surface area contributed by atoms with E-state index in [1.807, 2.05) is 12.1 Å². The van der Waals surface area contributed by atoms with E-state index >= 15 is 0 Å². The van der Waals surface area contributed by atoms with Crippen LogP contribution in [0.5, 0.6) is 0 Å². The van der Waals surface area contributed by atoms with Crippen LogP contribution in [0.4, 0.5) is 23.5 Å². The summed E-state index contributed by atoms with van der Waals surface area (Å²) in [7, 11) is 0. The largest absolute Gasteiger partial charge is 0.393 e. The molecule has 2 heterocycles. The fourth-order valence-corrected chi connectivity index (χ4v) is 4.24. The molecule has 2 aromatic heterocycles. The Morgan fingerprint density at radius 3 is 2.29 bits per heavy atom. The lowest BCUT2D eigenvalue weighted by atomic mass is 9.93. The predicted octanol–water partition coefficient (Wildman–Crippen LogP) is 2.06. The summed E-state index contributed by atoms with van der Waals surface area (Å²) in [4.78, 5) is 30.2. The first-order valence-electron chi connectivity index (χ1n) is 13.9. The summed E-state index contributed by atoms with van der Waals surface area (Å²) < 4.78 is 10.7. The first kappa shape index (κ1) is 30.1. The van der Waals surface area contributed by atoms with Crippen molar-refractivity contribution in [2.24, 2.45) is 5.73 Å². The normalized spacial score (nSPS) is 16.6. The second-order valence-corrected chi connectivity index (χ2v) is 9.64. The highest BCUT2D eigenvalue weighted by molar-refractivity contribution is 5.94. The molecule has 3 aromatic rings. The standard InChI is InChI=1S/C28H39N9O4/c29-11-15-40-17-18-41-16-14-31-25(39)21-1-3-22(4-2-21)33-27-35-26(32-19-20-9-12-30-13-10-20)36-28(37-27)34-23-5-7-24(38)8-6-23/h1-4,9-10,12-13,23-24,38H,5-8,11,14-19,29H2,(H,31,39)(H3,32,33,34,35,36,37). The fourth-order valence-electron chi connectivity index (χ4n) is 4.24. The number of nitrogens with zero attached hydrogens (tertiary/aromatic N) is 4. The van der Waals surface area contributed by atoms with Gasteiger partial charge in [0, 0.05) is 49.3 Å². The summed E-state index contributed by atoms with van der Waals surface area (Å²) in [6, 6.07) is 11.1. The van der Waals surface area contributed by atoms with Crippen LogP contribution in [-0.2, 0) is 16.0 Å². The third-order valence-electron chi connectivity index (χ3n) is 6.43. The van der Waals surface area contributed by atoms with Crippen LogP contribution in [0.15, 0.2) is 48.8 Å². The molecule has 0 saturated heterocycles. The third kappa shape index (κ3) is 10.5. The monoisotopic (exact) mass is 565 g/mol. The van der Waals surface area contributed by atoms with E-state index < -0.39 is 0 Å². The van der Waals surface area contributed by atoms with Crippen molar-refractivity contribution in [3.63, 3.8) is 0 Å². The quantitative estimate of drug-likeness (QED) is 0.139. The summed E-state index contributed by atoms with van der Waals surface area (Å²) in [5.41, 5.74) is 7.66. The van der Waals surface area contributed by atoms with Crippen LogP contribution in [0.2, 0.25) is 0 Å². The second-order valence-electron chi connectivity index (χ2n) is 9.64. The van der Waals surface area contributed by atoms with Gasteiger partial charge >= 0.3 is 0 Å². The Morgan fingerprint density at radius 2 is 1.56 bits per heavy atom. The lowest BCUT2D eigenvalue weighted by Crippen LogP contribution is -2.29. The SMILES string of the molecule is NCCOCCOCCNC(=O)c1ccc(Nc2nc(NCc3ccncc3)nc(NC3CCC(O)CC3)n2)cc1. The van der Waals surface area contributed by atoms with Gasteiger partial charge in [0.1, 0.15) is 0 Å². The highest BCUT2D eigenvalue weighted by Gasteiger charge is 2.20. The highest BCUT2D eigenvalue weighted by atomic mass is 16.5. The van der Waals surface area contributed by atoms with Gasteiger partial charge in [0.05, 0.1) is 32.5 Å². The van der Waals surface area contributed by atoms with Crippen molar-refractivity contribution < 1.29 is 19.4 Å². The average Bonchev–Trinajstić information content (AvgIpc) is 2.99. The average molecular weight is 566 g/mol. The van der Waals surface area contributed by atoms with Gasteiger partial charge in [-0.05, 0) is 67.6 Å². The molecule has 13 nitrogen and oxygen atoms in total. The maximum atomic E-state index is 12.5. The number of nitrogens with one attached hydrogen (secondary N) is 4. The number of ether oxygens (including phenoxy) is 2. The molecule has 0 bridgehead atoms. The Balaban J connectivity index is 1.33. The number of aliphatic hydroxyl groups excluding tert-OH is 1. The van der Waals surface area contributed by atoms with Gasteiger partial charge in [-0.2, -0.15) is 15.0 Å². The Hall–Kier alpha value is -3.91. The van der Waals surface area contributed by atoms with Gasteiger partial charge in [0.15, 0.2) is 0 Å². The first-order valence-corrected chi connectivity index (χ1v) is 13.9. The van der Waals surface area contributed by atoms with E-state index in [0.717, 1.165) is 36.9 Å². The molecule has 0 atom stereocenters. The van der Waals surface area contributed by atoms with Crippen molar-refractivity contribution in [1.29, 1.82) is 0 Å². The minimum Gasteiger partial charge on any atom is -0.393 e. The lowest BCUT2D eigenvalue weighted by Gasteiger charge is -2.26. The summed E-state index contributed by atoms with van der Waals surface area (Å²) in [6.07, 6.45) is 6.41.